The fourth-order valence-electron chi connectivity index (χ4n) is 1.53. The molecule has 0 aliphatic heterocycles. The van der Waals surface area contributed by atoms with Gasteiger partial charge >= 0.3 is 0 Å². The third-order valence-electron chi connectivity index (χ3n) is 2.28. The van der Waals surface area contributed by atoms with Gasteiger partial charge in [0.05, 0.1) is 0 Å². The van der Waals surface area contributed by atoms with E-state index in [1.165, 1.54) is 0 Å². The predicted octanol–water partition coefficient (Wildman–Crippen LogP) is 3.19. The van der Waals surface area contributed by atoms with Crippen LogP contribution in [0.5, 0.6) is 0 Å². The quantitative estimate of drug-likeness (QED) is 0.601. The molecular weight excluding hydrogens is 186 g/mol. The molecule has 2 heteroatoms. The highest BCUT2D eigenvalue weighted by Gasteiger charge is 2.07. The van der Waals surface area contributed by atoms with E-state index in [-0.39, 0.29) is 5.78 Å². The lowest BCUT2D eigenvalue weighted by atomic mass is 10.0. The highest BCUT2D eigenvalue weighted by atomic mass is 16.1. The number of ketones is 1. The van der Waals surface area contributed by atoms with E-state index in [0.717, 1.165) is 23.4 Å². The van der Waals surface area contributed by atoms with Crippen LogP contribution in [-0.4, -0.2) is 12.3 Å². The summed E-state index contributed by atoms with van der Waals surface area (Å²) in [5.41, 5.74) is 2.82. The average molecular weight is 203 g/mol. The summed E-state index contributed by atoms with van der Waals surface area (Å²) in [6.07, 6.45) is 3.36. The van der Waals surface area contributed by atoms with Crippen LogP contribution in [-0.2, 0) is 0 Å². The van der Waals surface area contributed by atoms with Gasteiger partial charge in [-0.3, -0.25) is 4.79 Å². The van der Waals surface area contributed by atoms with E-state index in [1.807, 2.05) is 39.0 Å². The van der Waals surface area contributed by atoms with Crippen LogP contribution in [0.25, 0.3) is 0 Å². The molecule has 0 fully saturated rings. The molecule has 80 valence electrons. The maximum absolute atomic E-state index is 11.7. The first-order valence-electron chi connectivity index (χ1n) is 5.21. The van der Waals surface area contributed by atoms with E-state index in [4.69, 9.17) is 0 Å². The number of carbonyl (C=O) groups is 1. The monoisotopic (exact) mass is 203 g/mol. The Morgan fingerprint density at radius 2 is 2.20 bits per heavy atom. The predicted molar refractivity (Wildman–Crippen MR) is 64.5 cm³/mol. The van der Waals surface area contributed by atoms with Crippen LogP contribution in [0.1, 0.15) is 29.8 Å². The van der Waals surface area contributed by atoms with Crippen molar-refractivity contribution in [1.82, 2.24) is 0 Å². The topological polar surface area (TPSA) is 29.1 Å². The number of hydrogen-bond acceptors (Lipinski definition) is 2. The standard InChI is InChI=1S/C13H17NO/c1-4-7-13(15)11-8-6-9-12(10(11)3)14-5-2/h4,6-9,14H,5H2,1-3H3. The van der Waals surface area contributed by atoms with Crippen LogP contribution >= 0.6 is 0 Å². The summed E-state index contributed by atoms with van der Waals surface area (Å²) < 4.78 is 0. The fourth-order valence-corrected chi connectivity index (χ4v) is 1.53. The first-order valence-corrected chi connectivity index (χ1v) is 5.21. The Morgan fingerprint density at radius 3 is 2.80 bits per heavy atom. The van der Waals surface area contributed by atoms with Crippen molar-refractivity contribution in [1.29, 1.82) is 0 Å². The van der Waals surface area contributed by atoms with Gasteiger partial charge in [-0.05, 0) is 38.5 Å². The molecule has 0 amide bonds. The smallest absolute Gasteiger partial charge is 0.185 e. The summed E-state index contributed by atoms with van der Waals surface area (Å²) >= 11 is 0. The van der Waals surface area contributed by atoms with E-state index >= 15 is 0 Å². The molecule has 1 aromatic carbocycles. The van der Waals surface area contributed by atoms with Crippen LogP contribution in [0.15, 0.2) is 30.4 Å². The molecule has 0 saturated heterocycles. The van der Waals surface area contributed by atoms with Gasteiger partial charge in [-0.25, -0.2) is 0 Å². The maximum atomic E-state index is 11.7. The molecule has 0 aliphatic rings. The van der Waals surface area contributed by atoms with Crippen molar-refractivity contribution < 1.29 is 4.79 Å². The second kappa shape index (κ2) is 5.35. The summed E-state index contributed by atoms with van der Waals surface area (Å²) in [6, 6.07) is 5.76. The summed E-state index contributed by atoms with van der Waals surface area (Å²) in [4.78, 5) is 11.7. The molecule has 1 N–H and O–H groups in total. The third-order valence-corrected chi connectivity index (χ3v) is 2.28. The van der Waals surface area contributed by atoms with Crippen LogP contribution in [0.3, 0.4) is 0 Å². The van der Waals surface area contributed by atoms with Gasteiger partial charge in [-0.1, -0.05) is 18.2 Å². The van der Waals surface area contributed by atoms with Gasteiger partial charge in [-0.15, -0.1) is 0 Å². The zero-order valence-electron chi connectivity index (χ0n) is 9.50. The normalized spacial score (nSPS) is 10.6. The molecule has 15 heavy (non-hydrogen) atoms. The Balaban J connectivity index is 3.09. The molecule has 0 spiro atoms. The van der Waals surface area contributed by atoms with Crippen LogP contribution in [0, 0.1) is 6.92 Å². The molecular formula is C13H17NO. The Hall–Kier alpha value is -1.57. The Kier molecular flexibility index (Phi) is 4.10. The second-order valence-corrected chi connectivity index (χ2v) is 3.37. The van der Waals surface area contributed by atoms with Gasteiger partial charge in [0.25, 0.3) is 0 Å². The molecule has 0 atom stereocenters. The van der Waals surface area contributed by atoms with E-state index < -0.39 is 0 Å². The minimum Gasteiger partial charge on any atom is -0.385 e. The summed E-state index contributed by atoms with van der Waals surface area (Å²) in [7, 11) is 0. The first-order chi connectivity index (χ1) is 7.20. The molecule has 1 rings (SSSR count). The lowest BCUT2D eigenvalue weighted by molar-refractivity contribution is 0.104. The Bertz CT molecular complexity index is 380. The molecule has 1 aromatic rings. The number of nitrogens with one attached hydrogen (secondary N) is 1. The van der Waals surface area contributed by atoms with Gasteiger partial charge in [0, 0.05) is 17.8 Å². The highest BCUT2D eigenvalue weighted by Crippen LogP contribution is 2.19. The van der Waals surface area contributed by atoms with E-state index in [0.29, 0.717) is 0 Å². The lowest BCUT2D eigenvalue weighted by Gasteiger charge is -2.10. The van der Waals surface area contributed by atoms with Crippen molar-refractivity contribution in [3.05, 3.63) is 41.5 Å². The zero-order chi connectivity index (χ0) is 11.3. The number of rotatable bonds is 4. The molecule has 2 nitrogen and oxygen atoms in total. The average Bonchev–Trinajstić information content (AvgIpc) is 2.22. The number of allylic oxidation sites excluding steroid dienone is 2. The number of carbonyl (C=O) groups excluding carboxylic acids is 1. The Morgan fingerprint density at radius 1 is 1.47 bits per heavy atom. The number of benzene rings is 1. The van der Waals surface area contributed by atoms with Crippen LogP contribution in [0.2, 0.25) is 0 Å². The van der Waals surface area contributed by atoms with Gasteiger partial charge < -0.3 is 5.32 Å². The molecule has 0 bridgehead atoms. The second-order valence-electron chi connectivity index (χ2n) is 3.37. The molecule has 0 unspecified atom stereocenters. The van der Waals surface area contributed by atoms with Crippen molar-refractivity contribution in [2.45, 2.75) is 20.8 Å². The van der Waals surface area contributed by atoms with Crippen LogP contribution in [0.4, 0.5) is 5.69 Å². The SMILES string of the molecule is CC=CC(=O)c1cccc(NCC)c1C. The molecule has 0 heterocycles. The summed E-state index contributed by atoms with van der Waals surface area (Å²) in [6.45, 7) is 6.72. The van der Waals surface area contributed by atoms with Gasteiger partial charge in [0.1, 0.15) is 0 Å². The van der Waals surface area contributed by atoms with Gasteiger partial charge in [0.15, 0.2) is 5.78 Å². The largest absolute Gasteiger partial charge is 0.385 e. The lowest BCUT2D eigenvalue weighted by Crippen LogP contribution is -2.04. The van der Waals surface area contributed by atoms with Crippen molar-refractivity contribution in [2.75, 3.05) is 11.9 Å². The summed E-state index contributed by atoms with van der Waals surface area (Å²) in [5, 5.41) is 3.24. The third kappa shape index (κ3) is 2.69. The molecule has 0 saturated carbocycles. The minimum atomic E-state index is 0.0646. The fraction of sp³-hybridized carbons (Fsp3) is 0.308. The van der Waals surface area contributed by atoms with Crippen LogP contribution < -0.4 is 5.32 Å². The summed E-state index contributed by atoms with van der Waals surface area (Å²) in [5.74, 6) is 0.0646. The van der Waals surface area contributed by atoms with Crippen molar-refractivity contribution in [3.63, 3.8) is 0 Å². The van der Waals surface area contributed by atoms with Crippen molar-refractivity contribution in [2.24, 2.45) is 0 Å². The Labute approximate surface area is 91.0 Å². The van der Waals surface area contributed by atoms with Gasteiger partial charge in [0.2, 0.25) is 0 Å². The number of anilines is 1. The van der Waals surface area contributed by atoms with E-state index in [1.54, 1.807) is 12.2 Å². The maximum Gasteiger partial charge on any atom is 0.185 e. The zero-order valence-corrected chi connectivity index (χ0v) is 9.50. The molecule has 0 aromatic heterocycles. The van der Waals surface area contributed by atoms with Crippen molar-refractivity contribution >= 4 is 11.5 Å². The van der Waals surface area contributed by atoms with E-state index in [2.05, 4.69) is 5.32 Å². The number of hydrogen-bond donors (Lipinski definition) is 1. The first kappa shape index (κ1) is 11.5. The van der Waals surface area contributed by atoms with Crippen molar-refractivity contribution in [3.8, 4) is 0 Å². The van der Waals surface area contributed by atoms with Gasteiger partial charge in [-0.2, -0.15) is 0 Å². The minimum absolute atomic E-state index is 0.0646. The molecule has 0 aliphatic carbocycles. The molecule has 0 radical (unpaired) electrons. The highest BCUT2D eigenvalue weighted by molar-refractivity contribution is 6.06. The van der Waals surface area contributed by atoms with E-state index in [9.17, 15) is 4.79 Å².